The number of likely N-dealkylation sites (N-methyl/N-ethyl adjacent to an activating group) is 1. The number of anilines is 1. The molecule has 0 N–H and O–H groups in total. The average Bonchev–Trinajstić information content (AvgIpc) is 2.76. The molecule has 4 nitrogen and oxygen atoms in total. The second-order valence-corrected chi connectivity index (χ2v) is 10.8. The van der Waals surface area contributed by atoms with Crippen LogP contribution in [0.5, 0.6) is 0 Å². The molecule has 7 rings (SSSR count). The lowest BCUT2D eigenvalue weighted by atomic mass is 9.48. The van der Waals surface area contributed by atoms with Crippen molar-refractivity contribution in [3.05, 3.63) is 42.0 Å². The number of ketones is 1. The van der Waals surface area contributed by atoms with Crippen LogP contribution in [-0.4, -0.2) is 48.9 Å². The Morgan fingerprint density at radius 3 is 2.32 bits per heavy atom. The van der Waals surface area contributed by atoms with Crippen molar-refractivity contribution in [2.45, 2.75) is 38.5 Å². The van der Waals surface area contributed by atoms with E-state index in [2.05, 4.69) is 53.3 Å². The largest absolute Gasteiger partial charge is 0.354 e. The highest BCUT2D eigenvalue weighted by molar-refractivity contribution is 5.99. The Kier molecular flexibility index (Phi) is 4.68. The number of carbonyl (C=O) groups excluding carboxylic acids is 1. The molecule has 1 saturated heterocycles. The Balaban J connectivity index is 1.32. The van der Waals surface area contributed by atoms with Gasteiger partial charge in [0.2, 0.25) is 0 Å². The van der Waals surface area contributed by atoms with Gasteiger partial charge in [-0.2, -0.15) is 0 Å². The minimum Gasteiger partial charge on any atom is -0.354 e. The monoisotopic (exact) mass is 415 g/mol. The smallest absolute Gasteiger partial charge is 0.161 e. The van der Waals surface area contributed by atoms with E-state index >= 15 is 0 Å². The molecular weight excluding hydrogens is 382 g/mol. The molecule has 0 atom stereocenters. The molecule has 4 saturated carbocycles. The molecule has 31 heavy (non-hydrogen) atoms. The predicted octanol–water partition coefficient (Wildman–Crippen LogP) is 4.79. The first-order chi connectivity index (χ1) is 15.1. The molecule has 5 aliphatic rings. The first-order valence-corrected chi connectivity index (χ1v) is 12.1. The van der Waals surface area contributed by atoms with Crippen molar-refractivity contribution in [3.8, 4) is 0 Å². The number of allylic oxidation sites excluding steroid dienone is 1. The van der Waals surface area contributed by atoms with Crippen LogP contribution in [0.1, 0.15) is 44.1 Å². The van der Waals surface area contributed by atoms with Crippen LogP contribution in [0, 0.1) is 23.2 Å². The number of hydrogen-bond donors (Lipinski definition) is 0. The summed E-state index contributed by atoms with van der Waals surface area (Å²) in [6, 6.07) is 10.5. The molecule has 5 fully saturated rings. The minimum absolute atomic E-state index is 0.0659. The zero-order chi connectivity index (χ0) is 21.0. The molecule has 1 aromatic heterocycles. The molecule has 1 aromatic carbocycles. The number of hydrogen-bond acceptors (Lipinski definition) is 4. The first kappa shape index (κ1) is 19.5. The summed E-state index contributed by atoms with van der Waals surface area (Å²) in [4.78, 5) is 23.3. The molecule has 162 valence electrons. The van der Waals surface area contributed by atoms with E-state index in [1.54, 1.807) is 0 Å². The number of para-hydroxylation sites is 1. The maximum absolute atomic E-state index is 13.5. The van der Waals surface area contributed by atoms with E-state index < -0.39 is 0 Å². The number of nitrogens with zero attached hydrogens (tertiary/aromatic N) is 3. The Morgan fingerprint density at radius 2 is 1.65 bits per heavy atom. The number of fused-ring (bicyclic) bond motifs is 1. The molecule has 4 heteroatoms. The average molecular weight is 416 g/mol. The number of carbonyl (C=O) groups is 1. The third-order valence-corrected chi connectivity index (χ3v) is 8.51. The van der Waals surface area contributed by atoms with Gasteiger partial charge in [-0.15, -0.1) is 0 Å². The van der Waals surface area contributed by atoms with Crippen molar-refractivity contribution in [3.63, 3.8) is 0 Å². The van der Waals surface area contributed by atoms with Crippen LogP contribution in [0.2, 0.25) is 0 Å². The van der Waals surface area contributed by atoms with Gasteiger partial charge in [-0.1, -0.05) is 18.2 Å². The van der Waals surface area contributed by atoms with Gasteiger partial charge in [0.25, 0.3) is 0 Å². The van der Waals surface area contributed by atoms with Gasteiger partial charge >= 0.3 is 0 Å². The Bertz CT molecular complexity index is 999. The van der Waals surface area contributed by atoms with E-state index in [0.717, 1.165) is 85.5 Å². The van der Waals surface area contributed by atoms with Gasteiger partial charge in [-0.3, -0.25) is 4.79 Å². The van der Waals surface area contributed by atoms with Crippen LogP contribution in [0.15, 0.2) is 36.4 Å². The van der Waals surface area contributed by atoms with Crippen LogP contribution >= 0.6 is 0 Å². The van der Waals surface area contributed by atoms with Crippen LogP contribution in [-0.2, 0) is 4.79 Å². The summed E-state index contributed by atoms with van der Waals surface area (Å²) < 4.78 is 0. The molecule has 4 bridgehead atoms. The summed E-state index contributed by atoms with van der Waals surface area (Å²) in [7, 11) is 2.18. The number of pyridine rings is 1. The van der Waals surface area contributed by atoms with Crippen LogP contribution < -0.4 is 4.90 Å². The van der Waals surface area contributed by atoms with Gasteiger partial charge < -0.3 is 9.80 Å². The van der Waals surface area contributed by atoms with Gasteiger partial charge in [0.1, 0.15) is 5.82 Å². The molecule has 1 aliphatic heterocycles. The van der Waals surface area contributed by atoms with Gasteiger partial charge in [0.15, 0.2) is 5.78 Å². The minimum atomic E-state index is -0.0659. The Hall–Kier alpha value is -2.20. The fraction of sp³-hybridized carbons (Fsp3) is 0.556. The summed E-state index contributed by atoms with van der Waals surface area (Å²) in [5.41, 5.74) is 2.05. The maximum atomic E-state index is 13.5. The van der Waals surface area contributed by atoms with Crippen molar-refractivity contribution in [2.24, 2.45) is 23.2 Å². The van der Waals surface area contributed by atoms with Crippen molar-refractivity contribution < 1.29 is 4.79 Å². The first-order valence-electron chi connectivity index (χ1n) is 12.1. The molecule has 0 radical (unpaired) electrons. The number of aromatic nitrogens is 1. The third kappa shape index (κ3) is 3.49. The van der Waals surface area contributed by atoms with Gasteiger partial charge in [0, 0.05) is 42.5 Å². The highest BCUT2D eigenvalue weighted by atomic mass is 16.1. The predicted molar refractivity (Wildman–Crippen MR) is 126 cm³/mol. The summed E-state index contributed by atoms with van der Waals surface area (Å²) in [5.74, 6) is 3.80. The summed E-state index contributed by atoms with van der Waals surface area (Å²) in [5, 5.41) is 1.14. The fourth-order valence-corrected chi connectivity index (χ4v) is 7.27. The Morgan fingerprint density at radius 1 is 1.00 bits per heavy atom. The van der Waals surface area contributed by atoms with Crippen molar-refractivity contribution in [2.75, 3.05) is 38.1 Å². The SMILES string of the molecule is CN1CCN(c2nc3ccccc3cc2C=CC(=O)C23CC4CC(CC(C4)C2)C3)CC1. The molecule has 0 spiro atoms. The zero-order valence-electron chi connectivity index (χ0n) is 18.6. The summed E-state index contributed by atoms with van der Waals surface area (Å²) >= 11 is 0. The molecule has 2 heterocycles. The van der Waals surface area contributed by atoms with E-state index in [4.69, 9.17) is 4.98 Å². The fourth-order valence-electron chi connectivity index (χ4n) is 7.27. The number of piperazine rings is 1. The highest BCUT2D eigenvalue weighted by Crippen LogP contribution is 2.60. The molecule has 0 amide bonds. The maximum Gasteiger partial charge on any atom is 0.161 e. The van der Waals surface area contributed by atoms with E-state index in [9.17, 15) is 4.79 Å². The second kappa shape index (κ2) is 7.44. The zero-order valence-corrected chi connectivity index (χ0v) is 18.6. The lowest BCUT2D eigenvalue weighted by molar-refractivity contribution is -0.138. The van der Waals surface area contributed by atoms with Crippen molar-refractivity contribution >= 4 is 28.6 Å². The van der Waals surface area contributed by atoms with Gasteiger partial charge in [-0.25, -0.2) is 4.98 Å². The molecular formula is C27H33N3O. The lowest BCUT2D eigenvalue weighted by Crippen LogP contribution is -2.49. The molecule has 0 unspecified atom stereocenters. The van der Waals surface area contributed by atoms with Crippen molar-refractivity contribution in [1.29, 1.82) is 0 Å². The van der Waals surface area contributed by atoms with E-state index in [1.165, 1.54) is 19.3 Å². The van der Waals surface area contributed by atoms with E-state index in [1.807, 2.05) is 6.08 Å². The number of rotatable bonds is 4. The van der Waals surface area contributed by atoms with Gasteiger partial charge in [-0.05, 0) is 87.6 Å². The van der Waals surface area contributed by atoms with E-state index in [0.29, 0.717) is 5.78 Å². The second-order valence-electron chi connectivity index (χ2n) is 10.8. The molecule has 4 aliphatic carbocycles. The standard InChI is InChI=1S/C27H33N3O/c1-29-8-10-30(11-9-29)26-23(15-22-4-2-3-5-24(22)28-26)6-7-25(31)27-16-19-12-20(17-27)14-21(13-19)18-27/h2-7,15,19-21H,8-14,16-18H2,1H3. The van der Waals surface area contributed by atoms with Crippen LogP contribution in [0.4, 0.5) is 5.82 Å². The van der Waals surface area contributed by atoms with E-state index in [-0.39, 0.29) is 5.41 Å². The normalized spacial score (nSPS) is 32.9. The summed E-state index contributed by atoms with van der Waals surface area (Å²) in [6.45, 7) is 4.05. The highest BCUT2D eigenvalue weighted by Gasteiger charge is 2.53. The third-order valence-electron chi connectivity index (χ3n) is 8.51. The lowest BCUT2D eigenvalue weighted by Gasteiger charge is -2.55. The summed E-state index contributed by atoms with van der Waals surface area (Å²) in [6.07, 6.45) is 11.5. The van der Waals surface area contributed by atoms with Crippen molar-refractivity contribution in [1.82, 2.24) is 9.88 Å². The van der Waals surface area contributed by atoms with Crippen LogP contribution in [0.25, 0.3) is 17.0 Å². The molecule has 2 aromatic rings. The van der Waals surface area contributed by atoms with Crippen LogP contribution in [0.3, 0.4) is 0 Å². The Labute approximate surface area is 185 Å². The quantitative estimate of drug-likeness (QED) is 0.673. The van der Waals surface area contributed by atoms with Gasteiger partial charge in [0.05, 0.1) is 5.52 Å². The topological polar surface area (TPSA) is 36.4 Å². The number of benzene rings is 1.